The minimum Gasteiger partial charge on any atom is -0.363 e. The van der Waals surface area contributed by atoms with Crippen molar-refractivity contribution in [1.82, 2.24) is 13.5 Å². The summed E-state index contributed by atoms with van der Waals surface area (Å²) in [5.74, 6) is -3.79. The highest BCUT2D eigenvalue weighted by Crippen LogP contribution is 2.88. The molecule has 3 saturated carbocycles. The number of rotatable bonds is 16. The molecule has 1 saturated heterocycles. The second kappa shape index (κ2) is 14.2. The highest BCUT2D eigenvalue weighted by atomic mass is 32.2. The fraction of sp³-hybridized carbons (Fsp3) is 0.872. The van der Waals surface area contributed by atoms with E-state index >= 15 is 0 Å². The number of nitrogens with two attached hydrogens (primary N) is 1. The smallest absolute Gasteiger partial charge is 0.285 e. The van der Waals surface area contributed by atoms with Crippen molar-refractivity contribution in [2.45, 2.75) is 132 Å². The Hall–Kier alpha value is -2.18. The van der Waals surface area contributed by atoms with Gasteiger partial charge >= 0.3 is 0 Å². The van der Waals surface area contributed by atoms with Gasteiger partial charge in [-0.3, -0.25) is 24.0 Å². The number of nitrogens with zero attached hydrogens (tertiary/aromatic N) is 3. The summed E-state index contributed by atoms with van der Waals surface area (Å²) in [5.41, 5.74) is 4.23. The Kier molecular flexibility index (Phi) is 11.6. The van der Waals surface area contributed by atoms with Crippen LogP contribution in [0.15, 0.2) is 0 Å². The number of carbonyl (C=O) groups is 5. The van der Waals surface area contributed by atoms with Gasteiger partial charge in [0.1, 0.15) is 5.78 Å². The predicted octanol–water partition coefficient (Wildman–Crippen LogP) is 5.02. The molecule has 1 aliphatic heterocycles. The molecule has 0 radical (unpaired) electrons. The van der Waals surface area contributed by atoms with Crippen LogP contribution in [0.1, 0.15) is 126 Å². The van der Waals surface area contributed by atoms with E-state index in [1.165, 1.54) is 25.4 Å². The van der Waals surface area contributed by atoms with Crippen LogP contribution in [0, 0.1) is 50.7 Å². The number of likely N-dealkylation sites (tertiary alicyclic amines) is 1. The minimum atomic E-state index is -3.68. The highest BCUT2D eigenvalue weighted by molar-refractivity contribution is 7.86. The summed E-state index contributed by atoms with van der Waals surface area (Å²) >= 11 is 0. The van der Waals surface area contributed by atoms with Gasteiger partial charge in [0.05, 0.1) is 6.04 Å². The van der Waals surface area contributed by atoms with Crippen molar-refractivity contribution in [2.75, 3.05) is 34.2 Å². The van der Waals surface area contributed by atoms with Gasteiger partial charge in [-0.15, -0.1) is 0 Å². The van der Waals surface area contributed by atoms with Crippen molar-refractivity contribution < 1.29 is 32.4 Å². The molecule has 2 spiro atoms. The van der Waals surface area contributed by atoms with Crippen LogP contribution in [0.25, 0.3) is 0 Å². The molecule has 1 unspecified atom stereocenters. The predicted molar refractivity (Wildman–Crippen MR) is 197 cm³/mol. The molecule has 2 N–H and O–H groups in total. The topological polar surface area (TPSA) is 155 Å². The van der Waals surface area contributed by atoms with Crippen LogP contribution >= 0.6 is 0 Å². The maximum atomic E-state index is 14.9. The Morgan fingerprint density at radius 2 is 1.45 bits per heavy atom. The number of Topliss-reactive ketones (excluding diaryl/α,β-unsaturated/α-hetero) is 3. The molecule has 0 bridgehead atoms. The summed E-state index contributed by atoms with van der Waals surface area (Å²) in [5, 5.41) is 0. The number of hydrogen-bond donors (Lipinski definition) is 1. The van der Waals surface area contributed by atoms with Crippen LogP contribution in [0.5, 0.6) is 0 Å². The monoisotopic (exact) mass is 734 g/mol. The van der Waals surface area contributed by atoms with Crippen LogP contribution in [-0.4, -0.2) is 91.4 Å². The van der Waals surface area contributed by atoms with Crippen LogP contribution in [-0.2, 0) is 34.2 Å². The first kappa shape index (κ1) is 41.6. The molecule has 0 aromatic carbocycles. The van der Waals surface area contributed by atoms with Gasteiger partial charge in [0, 0.05) is 70.7 Å². The lowest BCUT2D eigenvalue weighted by Gasteiger charge is -2.37. The Morgan fingerprint density at radius 3 is 1.86 bits per heavy atom. The van der Waals surface area contributed by atoms with Gasteiger partial charge in [0.2, 0.25) is 11.7 Å². The Morgan fingerprint density at radius 1 is 0.863 bits per heavy atom. The number of amides is 2. The van der Waals surface area contributed by atoms with E-state index in [4.69, 9.17) is 5.73 Å². The fourth-order valence-corrected chi connectivity index (χ4v) is 10.9. The summed E-state index contributed by atoms with van der Waals surface area (Å²) < 4.78 is 28.1. The van der Waals surface area contributed by atoms with Gasteiger partial charge in [-0.25, -0.2) is 0 Å². The molecule has 2 amide bonds. The molecule has 4 fully saturated rings. The Labute approximate surface area is 307 Å². The standard InChI is InChI=1S/C39H66N4O7S/c1-35(2,3)27(23-42(11)51(49,50)41(9)10)20-28(44)21-29(36(4,5)6)34(48)43-24-39(37(7,8)38(39)16-13-17-38)22-30(43)31(45)19-26(32(46)33(40)47)18-25-14-12-15-25/h25-27,29-30H,12-24H2,1-11H3,(H2,40,47)/t26?,27-,29-,30+,39-/m1/s1. The number of fused-ring (bicyclic) bond motifs is 1. The van der Waals surface area contributed by atoms with E-state index in [-0.39, 0.29) is 71.4 Å². The summed E-state index contributed by atoms with van der Waals surface area (Å²) in [6.07, 6.45) is 7.16. The first-order chi connectivity index (χ1) is 23.2. The first-order valence-electron chi connectivity index (χ1n) is 19.1. The third kappa shape index (κ3) is 7.62. The molecule has 290 valence electrons. The summed E-state index contributed by atoms with van der Waals surface area (Å²) in [4.78, 5) is 70.0. The van der Waals surface area contributed by atoms with E-state index in [0.717, 1.165) is 42.8 Å². The fourth-order valence-electron chi connectivity index (χ4n) is 9.99. The van der Waals surface area contributed by atoms with Crippen molar-refractivity contribution in [3.8, 4) is 0 Å². The molecule has 4 rings (SSSR count). The summed E-state index contributed by atoms with van der Waals surface area (Å²) in [6, 6.07) is -0.742. The van der Waals surface area contributed by atoms with Gasteiger partial charge < -0.3 is 10.6 Å². The van der Waals surface area contributed by atoms with Crippen molar-refractivity contribution in [1.29, 1.82) is 0 Å². The average Bonchev–Trinajstić information content (AvgIpc) is 3.18. The van der Waals surface area contributed by atoms with E-state index in [1.54, 1.807) is 4.90 Å². The van der Waals surface area contributed by atoms with Gasteiger partial charge in [0.25, 0.3) is 16.1 Å². The highest BCUT2D eigenvalue weighted by Gasteiger charge is 2.85. The molecule has 0 aromatic heterocycles. The van der Waals surface area contributed by atoms with Gasteiger partial charge in [0.15, 0.2) is 5.78 Å². The summed E-state index contributed by atoms with van der Waals surface area (Å²) in [7, 11) is 0.783. The van der Waals surface area contributed by atoms with Crippen molar-refractivity contribution in [2.24, 2.45) is 56.5 Å². The molecule has 4 aliphatic rings. The third-order valence-corrected chi connectivity index (χ3v) is 16.0. The Balaban J connectivity index is 1.61. The normalized spacial score (nSPS) is 26.1. The third-order valence-electron chi connectivity index (χ3n) is 14.2. The lowest BCUT2D eigenvalue weighted by molar-refractivity contribution is -0.147. The zero-order valence-corrected chi connectivity index (χ0v) is 34.1. The molecule has 5 atom stereocenters. The maximum Gasteiger partial charge on any atom is 0.285 e. The lowest BCUT2D eigenvalue weighted by Crippen LogP contribution is -2.48. The number of ketones is 3. The zero-order chi connectivity index (χ0) is 38.7. The van der Waals surface area contributed by atoms with Gasteiger partial charge in [-0.1, -0.05) is 81.1 Å². The molecule has 0 aromatic rings. The first-order valence-corrected chi connectivity index (χ1v) is 20.5. The average molecular weight is 735 g/mol. The number of primary amides is 1. The lowest BCUT2D eigenvalue weighted by atomic mass is 9.73. The molecule has 3 aliphatic carbocycles. The van der Waals surface area contributed by atoms with Crippen LogP contribution in [0.2, 0.25) is 0 Å². The van der Waals surface area contributed by atoms with E-state index in [2.05, 4.69) is 13.8 Å². The molecule has 51 heavy (non-hydrogen) atoms. The molecular weight excluding hydrogens is 669 g/mol. The van der Waals surface area contributed by atoms with Gasteiger partial charge in [-0.2, -0.15) is 17.0 Å². The minimum absolute atomic E-state index is 0.0253. The number of hydrogen-bond acceptors (Lipinski definition) is 7. The quantitative estimate of drug-likeness (QED) is 0.219. The molecular formula is C39H66N4O7S. The summed E-state index contributed by atoms with van der Waals surface area (Å²) in [6.45, 7) is 16.9. The largest absolute Gasteiger partial charge is 0.363 e. The maximum absolute atomic E-state index is 14.9. The van der Waals surface area contributed by atoms with E-state index < -0.39 is 50.6 Å². The second-order valence-electron chi connectivity index (χ2n) is 19.5. The second-order valence-corrected chi connectivity index (χ2v) is 21.7. The Bertz CT molecular complexity index is 1500. The van der Waals surface area contributed by atoms with E-state index in [0.29, 0.717) is 19.4 Å². The molecule has 12 heteroatoms. The van der Waals surface area contributed by atoms with Crippen LogP contribution in [0.3, 0.4) is 0 Å². The van der Waals surface area contributed by atoms with Crippen LogP contribution < -0.4 is 5.73 Å². The van der Waals surface area contributed by atoms with Crippen molar-refractivity contribution >= 4 is 39.4 Å². The van der Waals surface area contributed by atoms with Gasteiger partial charge in [-0.05, 0) is 59.2 Å². The van der Waals surface area contributed by atoms with E-state index in [9.17, 15) is 32.4 Å². The number of carbonyl (C=O) groups excluding carboxylic acids is 5. The van der Waals surface area contributed by atoms with Crippen LogP contribution in [0.4, 0.5) is 0 Å². The zero-order valence-electron chi connectivity index (χ0n) is 33.3. The van der Waals surface area contributed by atoms with E-state index in [1.807, 2.05) is 41.5 Å². The molecule has 1 heterocycles. The molecule has 11 nitrogen and oxygen atoms in total. The van der Waals surface area contributed by atoms with Crippen molar-refractivity contribution in [3.05, 3.63) is 0 Å². The van der Waals surface area contributed by atoms with Crippen molar-refractivity contribution in [3.63, 3.8) is 0 Å². The SMILES string of the molecule is CN(C)S(=O)(=O)N(C)C[C@@H](CC(=O)C[C@H](C(=O)N1C[C@]2(C[C@H]1C(=O)CC(CC1CCC1)C(=O)C(N)=O)C(C)(C)C21CCC1)C(C)(C)C)C(C)(C)C.